The van der Waals surface area contributed by atoms with Crippen LogP contribution in [0.2, 0.25) is 10.3 Å². The number of anilines is 2. The van der Waals surface area contributed by atoms with E-state index in [-0.39, 0.29) is 21.9 Å². The zero-order valence-electron chi connectivity index (χ0n) is 10.7. The van der Waals surface area contributed by atoms with Gasteiger partial charge in [-0.2, -0.15) is 13.2 Å². The number of para-hydroxylation sites is 1. The number of nitrogens with one attached hydrogen (secondary N) is 3. The number of guanidine groups is 1. The van der Waals surface area contributed by atoms with E-state index < -0.39 is 17.7 Å². The summed E-state index contributed by atoms with van der Waals surface area (Å²) >= 11 is 11.3. The topological polar surface area (TPSA) is 73.7 Å². The first-order chi connectivity index (χ1) is 10.3. The van der Waals surface area contributed by atoms with E-state index in [2.05, 4.69) is 20.6 Å². The molecule has 0 aliphatic carbocycles. The Morgan fingerprint density at radius 1 is 1.05 bits per heavy atom. The second-order valence-electron chi connectivity index (χ2n) is 4.01. The van der Waals surface area contributed by atoms with E-state index >= 15 is 0 Å². The Hall–Kier alpha value is -2.06. The van der Waals surface area contributed by atoms with Crippen molar-refractivity contribution in [3.63, 3.8) is 0 Å². The summed E-state index contributed by atoms with van der Waals surface area (Å²) < 4.78 is 38.5. The number of hydrogen-bond donors (Lipinski definition) is 3. The Kier molecular flexibility index (Phi) is 4.72. The fraction of sp³-hybridized carbons (Fsp3) is 0.0833. The van der Waals surface area contributed by atoms with Crippen molar-refractivity contribution in [3.05, 3.63) is 46.2 Å². The van der Waals surface area contributed by atoms with E-state index in [4.69, 9.17) is 28.6 Å². The first-order valence-corrected chi connectivity index (χ1v) is 6.50. The molecule has 0 saturated heterocycles. The van der Waals surface area contributed by atoms with Gasteiger partial charge in [0.1, 0.15) is 10.3 Å². The second kappa shape index (κ2) is 6.37. The van der Waals surface area contributed by atoms with Crippen LogP contribution >= 0.6 is 23.2 Å². The average molecular weight is 350 g/mol. The van der Waals surface area contributed by atoms with Crippen LogP contribution in [0.3, 0.4) is 0 Å². The van der Waals surface area contributed by atoms with Crippen LogP contribution in [0, 0.1) is 5.41 Å². The molecule has 1 aromatic carbocycles. The highest BCUT2D eigenvalue weighted by atomic mass is 35.5. The van der Waals surface area contributed by atoms with Crippen LogP contribution in [-0.4, -0.2) is 15.9 Å². The van der Waals surface area contributed by atoms with E-state index in [1.807, 2.05) is 0 Å². The largest absolute Gasteiger partial charge is 0.418 e. The number of hydrogen-bond acceptors (Lipinski definition) is 3. The summed E-state index contributed by atoms with van der Waals surface area (Å²) in [7, 11) is 0. The van der Waals surface area contributed by atoms with Crippen LogP contribution in [0.5, 0.6) is 0 Å². The lowest BCUT2D eigenvalue weighted by atomic mass is 10.1. The van der Waals surface area contributed by atoms with Gasteiger partial charge in [0.2, 0.25) is 5.95 Å². The van der Waals surface area contributed by atoms with Crippen molar-refractivity contribution in [3.8, 4) is 0 Å². The molecule has 116 valence electrons. The van der Waals surface area contributed by atoms with Gasteiger partial charge in [-0.3, -0.25) is 10.7 Å². The molecule has 0 radical (unpaired) electrons. The average Bonchev–Trinajstić information content (AvgIpc) is 2.36. The van der Waals surface area contributed by atoms with Gasteiger partial charge < -0.3 is 5.32 Å². The molecule has 0 aliphatic rings. The maximum atomic E-state index is 12.8. The highest BCUT2D eigenvalue weighted by molar-refractivity contribution is 6.33. The number of benzene rings is 1. The van der Waals surface area contributed by atoms with Gasteiger partial charge in [0.15, 0.2) is 5.96 Å². The molecule has 3 N–H and O–H groups in total. The lowest BCUT2D eigenvalue weighted by molar-refractivity contribution is -0.136. The predicted molar refractivity (Wildman–Crippen MR) is 78.5 cm³/mol. The fourth-order valence-electron chi connectivity index (χ4n) is 1.56. The molecule has 0 fully saturated rings. The fourth-order valence-corrected chi connectivity index (χ4v) is 1.99. The number of alkyl halides is 3. The van der Waals surface area contributed by atoms with E-state index in [0.717, 1.165) is 6.07 Å². The van der Waals surface area contributed by atoms with Crippen molar-refractivity contribution in [1.29, 1.82) is 5.41 Å². The Morgan fingerprint density at radius 3 is 2.23 bits per heavy atom. The van der Waals surface area contributed by atoms with E-state index in [9.17, 15) is 13.2 Å². The molecule has 0 saturated carbocycles. The van der Waals surface area contributed by atoms with Gasteiger partial charge in [0, 0.05) is 6.07 Å². The van der Waals surface area contributed by atoms with Crippen molar-refractivity contribution in [2.45, 2.75) is 6.18 Å². The Labute approximate surface area is 133 Å². The van der Waals surface area contributed by atoms with E-state index in [1.54, 1.807) is 0 Å². The Morgan fingerprint density at radius 2 is 1.64 bits per heavy atom. The molecule has 22 heavy (non-hydrogen) atoms. The molecular weight excluding hydrogens is 342 g/mol. The van der Waals surface area contributed by atoms with Crippen LogP contribution < -0.4 is 10.6 Å². The third kappa shape index (κ3) is 4.22. The zero-order valence-corrected chi connectivity index (χ0v) is 12.2. The smallest absolute Gasteiger partial charge is 0.326 e. The highest BCUT2D eigenvalue weighted by Gasteiger charge is 2.33. The summed E-state index contributed by atoms with van der Waals surface area (Å²) in [6, 6.07) is 6.06. The summed E-state index contributed by atoms with van der Waals surface area (Å²) in [5.41, 5.74) is -1.17. The summed E-state index contributed by atoms with van der Waals surface area (Å²) in [5.74, 6) is -0.575. The number of nitrogens with zero attached hydrogens (tertiary/aromatic N) is 2. The molecule has 0 amide bonds. The monoisotopic (exact) mass is 349 g/mol. The summed E-state index contributed by atoms with van der Waals surface area (Å²) in [6.45, 7) is 0. The molecule has 0 atom stereocenters. The quantitative estimate of drug-likeness (QED) is 0.430. The molecule has 1 heterocycles. The van der Waals surface area contributed by atoms with Crippen LogP contribution in [-0.2, 0) is 6.18 Å². The van der Waals surface area contributed by atoms with Crippen molar-refractivity contribution >= 4 is 40.8 Å². The van der Waals surface area contributed by atoms with Crippen LogP contribution in [0.1, 0.15) is 5.56 Å². The zero-order chi connectivity index (χ0) is 16.3. The first-order valence-electron chi connectivity index (χ1n) is 5.74. The molecule has 0 aliphatic heterocycles. The normalized spacial score (nSPS) is 11.1. The molecule has 10 heteroatoms. The molecule has 2 rings (SSSR count). The molecule has 0 spiro atoms. The van der Waals surface area contributed by atoms with Crippen LogP contribution in [0.4, 0.5) is 24.8 Å². The maximum absolute atomic E-state index is 12.8. The lowest BCUT2D eigenvalue weighted by Gasteiger charge is -2.15. The standard InChI is InChI=1S/C12H8Cl2F3N5/c13-8-5-9(14)21-11(20-8)22-10(18)19-7-4-2-1-3-6(7)12(15,16)17/h1-5H,(H3,18,19,20,21,22). The number of aromatic nitrogens is 2. The molecule has 5 nitrogen and oxygen atoms in total. The molecular formula is C12H8Cl2F3N5. The first kappa shape index (κ1) is 16.3. The van der Waals surface area contributed by atoms with Crippen molar-refractivity contribution < 1.29 is 13.2 Å². The van der Waals surface area contributed by atoms with Gasteiger partial charge in [0.05, 0.1) is 11.3 Å². The van der Waals surface area contributed by atoms with Crippen molar-refractivity contribution in [2.75, 3.05) is 10.6 Å². The minimum Gasteiger partial charge on any atom is -0.326 e. The maximum Gasteiger partial charge on any atom is 0.418 e. The predicted octanol–water partition coefficient (Wildman–Crippen LogP) is 4.26. The second-order valence-corrected chi connectivity index (χ2v) is 4.78. The van der Waals surface area contributed by atoms with Crippen molar-refractivity contribution in [1.82, 2.24) is 9.97 Å². The minimum absolute atomic E-state index is 0.0333. The van der Waals surface area contributed by atoms with Gasteiger partial charge in [-0.1, -0.05) is 35.3 Å². The summed E-state index contributed by atoms with van der Waals surface area (Å²) in [5, 5.41) is 12.4. The third-order valence-electron chi connectivity index (χ3n) is 2.39. The molecule has 0 bridgehead atoms. The van der Waals surface area contributed by atoms with Gasteiger partial charge in [0.25, 0.3) is 0 Å². The van der Waals surface area contributed by atoms with Crippen LogP contribution in [0.25, 0.3) is 0 Å². The van der Waals surface area contributed by atoms with E-state index in [1.165, 1.54) is 24.3 Å². The SMILES string of the molecule is N=C(Nc1nc(Cl)cc(Cl)n1)Nc1ccccc1C(F)(F)F. The number of rotatable bonds is 2. The molecule has 0 unspecified atom stereocenters. The van der Waals surface area contributed by atoms with Gasteiger partial charge >= 0.3 is 6.18 Å². The lowest BCUT2D eigenvalue weighted by Crippen LogP contribution is -2.23. The van der Waals surface area contributed by atoms with Gasteiger partial charge in [-0.15, -0.1) is 0 Å². The van der Waals surface area contributed by atoms with Gasteiger partial charge in [-0.05, 0) is 12.1 Å². The molecule has 1 aromatic heterocycles. The summed E-state index contributed by atoms with van der Waals surface area (Å²) in [6.07, 6.45) is -4.54. The number of halogens is 5. The summed E-state index contributed by atoms with van der Waals surface area (Å²) in [4.78, 5) is 7.49. The van der Waals surface area contributed by atoms with Crippen LogP contribution in [0.15, 0.2) is 30.3 Å². The van der Waals surface area contributed by atoms with Gasteiger partial charge in [-0.25, -0.2) is 9.97 Å². The minimum atomic E-state index is -4.54. The highest BCUT2D eigenvalue weighted by Crippen LogP contribution is 2.34. The van der Waals surface area contributed by atoms with Crippen molar-refractivity contribution in [2.24, 2.45) is 0 Å². The Bertz CT molecular complexity index is 685. The third-order valence-corrected chi connectivity index (χ3v) is 2.78. The Balaban J connectivity index is 2.16. The molecule has 2 aromatic rings. The van der Waals surface area contributed by atoms with E-state index in [0.29, 0.717) is 0 Å².